The maximum absolute atomic E-state index is 3.68. The maximum Gasteiger partial charge on any atom is 0.0101 e. The number of nitrogens with zero attached hydrogens (tertiary/aromatic N) is 2. The molecule has 0 aromatic carbocycles. The third kappa shape index (κ3) is 5.84. The van der Waals surface area contributed by atoms with Crippen LogP contribution >= 0.6 is 0 Å². The van der Waals surface area contributed by atoms with Crippen LogP contribution in [0.3, 0.4) is 0 Å². The Kier molecular flexibility index (Phi) is 7.09. The molecule has 0 saturated carbocycles. The first-order valence-corrected chi connectivity index (χ1v) is 7.24. The Morgan fingerprint density at radius 1 is 1.41 bits per heavy atom. The van der Waals surface area contributed by atoms with Crippen molar-refractivity contribution in [1.82, 2.24) is 15.1 Å². The van der Waals surface area contributed by atoms with Crippen LogP contribution in [-0.2, 0) is 0 Å². The fourth-order valence-corrected chi connectivity index (χ4v) is 2.70. The molecule has 3 nitrogen and oxygen atoms in total. The largest absolute Gasteiger partial charge is 0.313 e. The third-order valence-electron chi connectivity index (χ3n) is 3.81. The van der Waals surface area contributed by atoms with Crippen LogP contribution in [-0.4, -0.2) is 62.7 Å². The summed E-state index contributed by atoms with van der Waals surface area (Å²) >= 11 is 0. The molecule has 0 aromatic rings. The number of rotatable bonds is 7. The molecule has 1 fully saturated rings. The van der Waals surface area contributed by atoms with E-state index in [4.69, 9.17) is 0 Å². The van der Waals surface area contributed by atoms with Crippen molar-refractivity contribution in [3.8, 4) is 0 Å². The highest BCUT2D eigenvalue weighted by molar-refractivity contribution is 4.80. The van der Waals surface area contributed by atoms with Crippen LogP contribution < -0.4 is 5.32 Å². The van der Waals surface area contributed by atoms with Crippen molar-refractivity contribution < 1.29 is 0 Å². The molecule has 1 saturated heterocycles. The molecular formula is C14H31N3. The predicted molar refractivity (Wildman–Crippen MR) is 75.5 cm³/mol. The molecule has 0 spiro atoms. The second kappa shape index (κ2) is 8.06. The van der Waals surface area contributed by atoms with E-state index in [-0.39, 0.29) is 0 Å². The van der Waals surface area contributed by atoms with E-state index in [2.05, 4.69) is 43.1 Å². The molecule has 0 bridgehead atoms. The number of hydrogen-bond donors (Lipinski definition) is 1. The smallest absolute Gasteiger partial charge is 0.0101 e. The topological polar surface area (TPSA) is 18.5 Å². The summed E-state index contributed by atoms with van der Waals surface area (Å²) < 4.78 is 0. The first-order chi connectivity index (χ1) is 8.13. The Morgan fingerprint density at radius 3 is 2.82 bits per heavy atom. The zero-order valence-electron chi connectivity index (χ0n) is 12.2. The van der Waals surface area contributed by atoms with Crippen molar-refractivity contribution in [2.24, 2.45) is 5.92 Å². The van der Waals surface area contributed by atoms with Gasteiger partial charge in [-0.25, -0.2) is 0 Å². The van der Waals surface area contributed by atoms with Crippen LogP contribution in [0.4, 0.5) is 0 Å². The maximum atomic E-state index is 3.68. The van der Waals surface area contributed by atoms with Gasteiger partial charge in [0.2, 0.25) is 0 Å². The Morgan fingerprint density at radius 2 is 2.18 bits per heavy atom. The van der Waals surface area contributed by atoms with E-state index in [0.717, 1.165) is 19.0 Å². The van der Waals surface area contributed by atoms with Crippen molar-refractivity contribution in [2.45, 2.75) is 39.2 Å². The average molecular weight is 241 g/mol. The number of hydrogen-bond acceptors (Lipinski definition) is 3. The molecule has 0 radical (unpaired) electrons. The standard InChI is InChI=1S/C14H31N3/c1-5-9-17-10-6-7-14(12-17)13(2)15-8-11-16(3)4/h13-15H,5-12H2,1-4H3. The summed E-state index contributed by atoms with van der Waals surface area (Å²) in [5.74, 6) is 0.845. The van der Waals surface area contributed by atoms with Crippen LogP contribution in [0, 0.1) is 5.92 Å². The molecule has 102 valence electrons. The van der Waals surface area contributed by atoms with Gasteiger partial charge in [0.25, 0.3) is 0 Å². The Bertz CT molecular complexity index is 192. The molecule has 2 atom stereocenters. The lowest BCUT2D eigenvalue weighted by atomic mass is 9.91. The zero-order valence-corrected chi connectivity index (χ0v) is 12.2. The summed E-state index contributed by atoms with van der Waals surface area (Å²) in [5, 5.41) is 3.68. The molecule has 2 unspecified atom stereocenters. The normalized spacial score (nSPS) is 24.2. The Balaban J connectivity index is 2.23. The molecule has 1 rings (SSSR count). The predicted octanol–water partition coefficient (Wildman–Crippen LogP) is 1.65. The lowest BCUT2D eigenvalue weighted by Crippen LogP contribution is -2.45. The van der Waals surface area contributed by atoms with Gasteiger partial charge in [-0.2, -0.15) is 0 Å². The summed E-state index contributed by atoms with van der Waals surface area (Å²) in [6.07, 6.45) is 4.07. The molecule has 1 N–H and O–H groups in total. The quantitative estimate of drug-likeness (QED) is 0.731. The summed E-state index contributed by atoms with van der Waals surface area (Å²) in [7, 11) is 4.27. The van der Waals surface area contributed by atoms with Crippen molar-refractivity contribution in [2.75, 3.05) is 46.8 Å². The van der Waals surface area contributed by atoms with E-state index in [1.54, 1.807) is 0 Å². The lowest BCUT2D eigenvalue weighted by Gasteiger charge is -2.36. The van der Waals surface area contributed by atoms with Gasteiger partial charge in [0.1, 0.15) is 0 Å². The second-order valence-electron chi connectivity index (χ2n) is 5.75. The van der Waals surface area contributed by atoms with Crippen molar-refractivity contribution in [3.05, 3.63) is 0 Å². The van der Waals surface area contributed by atoms with Crippen LogP contribution in [0.1, 0.15) is 33.1 Å². The van der Waals surface area contributed by atoms with E-state index >= 15 is 0 Å². The van der Waals surface area contributed by atoms with Gasteiger partial charge in [0.05, 0.1) is 0 Å². The summed E-state index contributed by atoms with van der Waals surface area (Å²) in [4.78, 5) is 4.88. The molecule has 1 heterocycles. The molecule has 3 heteroatoms. The fourth-order valence-electron chi connectivity index (χ4n) is 2.70. The van der Waals surface area contributed by atoms with Crippen molar-refractivity contribution >= 4 is 0 Å². The average Bonchev–Trinajstić information content (AvgIpc) is 2.29. The van der Waals surface area contributed by atoms with E-state index in [1.807, 2.05) is 0 Å². The summed E-state index contributed by atoms with van der Waals surface area (Å²) in [5.41, 5.74) is 0. The number of nitrogens with one attached hydrogen (secondary N) is 1. The monoisotopic (exact) mass is 241 g/mol. The minimum Gasteiger partial charge on any atom is -0.313 e. The van der Waals surface area contributed by atoms with Crippen molar-refractivity contribution in [3.63, 3.8) is 0 Å². The van der Waals surface area contributed by atoms with Crippen LogP contribution in [0.2, 0.25) is 0 Å². The molecular weight excluding hydrogens is 210 g/mol. The summed E-state index contributed by atoms with van der Waals surface area (Å²) in [6.45, 7) is 10.8. The van der Waals surface area contributed by atoms with Crippen LogP contribution in [0.25, 0.3) is 0 Å². The lowest BCUT2D eigenvalue weighted by molar-refractivity contribution is 0.150. The van der Waals surface area contributed by atoms with Gasteiger partial charge in [-0.05, 0) is 59.3 Å². The van der Waals surface area contributed by atoms with Gasteiger partial charge in [-0.1, -0.05) is 6.92 Å². The fraction of sp³-hybridized carbons (Fsp3) is 1.00. The van der Waals surface area contributed by atoms with E-state index in [9.17, 15) is 0 Å². The molecule has 0 aromatic heterocycles. The van der Waals surface area contributed by atoms with Gasteiger partial charge in [-0.3, -0.25) is 0 Å². The Hall–Kier alpha value is -0.120. The Labute approximate surface area is 108 Å². The second-order valence-corrected chi connectivity index (χ2v) is 5.75. The van der Waals surface area contributed by atoms with Crippen LogP contribution in [0.5, 0.6) is 0 Å². The van der Waals surface area contributed by atoms with Gasteiger partial charge in [0.15, 0.2) is 0 Å². The highest BCUT2D eigenvalue weighted by atomic mass is 15.1. The first kappa shape index (κ1) is 14.9. The van der Waals surface area contributed by atoms with Gasteiger partial charge in [-0.15, -0.1) is 0 Å². The molecule has 1 aliphatic heterocycles. The van der Waals surface area contributed by atoms with Gasteiger partial charge in [0, 0.05) is 25.7 Å². The van der Waals surface area contributed by atoms with E-state index in [0.29, 0.717) is 6.04 Å². The third-order valence-corrected chi connectivity index (χ3v) is 3.81. The number of likely N-dealkylation sites (tertiary alicyclic amines) is 1. The van der Waals surface area contributed by atoms with Crippen molar-refractivity contribution in [1.29, 1.82) is 0 Å². The van der Waals surface area contributed by atoms with Gasteiger partial charge < -0.3 is 15.1 Å². The van der Waals surface area contributed by atoms with Crippen LogP contribution in [0.15, 0.2) is 0 Å². The highest BCUT2D eigenvalue weighted by Crippen LogP contribution is 2.19. The minimum atomic E-state index is 0.662. The number of piperidine rings is 1. The SMILES string of the molecule is CCCN1CCCC(C(C)NCCN(C)C)C1. The summed E-state index contributed by atoms with van der Waals surface area (Å²) in [6, 6.07) is 0.662. The van der Waals surface area contributed by atoms with E-state index in [1.165, 1.54) is 38.9 Å². The zero-order chi connectivity index (χ0) is 12.7. The first-order valence-electron chi connectivity index (χ1n) is 7.24. The van der Waals surface area contributed by atoms with Gasteiger partial charge >= 0.3 is 0 Å². The van der Waals surface area contributed by atoms with E-state index < -0.39 is 0 Å². The highest BCUT2D eigenvalue weighted by Gasteiger charge is 2.23. The molecule has 1 aliphatic rings. The molecule has 17 heavy (non-hydrogen) atoms. The molecule has 0 amide bonds. The number of likely N-dealkylation sites (N-methyl/N-ethyl adjacent to an activating group) is 1. The minimum absolute atomic E-state index is 0.662. The molecule has 0 aliphatic carbocycles.